The monoisotopic (exact) mass is 860 g/mol. The van der Waals surface area contributed by atoms with Crippen LogP contribution in [0.3, 0.4) is 0 Å². The largest absolute Gasteiger partial charge is 1.00 e. The standard InChI is InChI=1S/C37H32N6O10S3.2Na/c1-22-5-14-32(15-6-22)56(51,52)53-30-12-8-28(9-13-30)38-40-35-24(3)20-27(21-34(35)55(48,49)50)26-7-18-33(23(2)19-26)39-41-36-25(4)42-43(37(36)44)29-10-16-31(17-11-29)54(45,46)47;;/h5-21,36H,1-4H3,(H,45,46,47)(H,48,49,50);;/q;2*+1/p-2. The van der Waals surface area contributed by atoms with Gasteiger partial charge in [-0.3, -0.25) is 4.79 Å². The number of hydrogen-bond acceptors (Lipinski definition) is 15. The normalized spacial score (nSPS) is 14.7. The number of hydrogen-bond donors (Lipinski definition) is 0. The molecule has 0 aromatic heterocycles. The molecule has 0 spiro atoms. The Balaban J connectivity index is 0.00000372. The molecule has 5 aromatic carbocycles. The average molecular weight is 861 g/mol. The molecule has 0 fully saturated rings. The number of anilines is 1. The molecule has 0 radical (unpaired) electrons. The summed E-state index contributed by atoms with van der Waals surface area (Å²) in [4.78, 5) is 12.0. The number of nitrogens with zero attached hydrogens (tertiary/aromatic N) is 6. The van der Waals surface area contributed by atoms with E-state index in [1.807, 2.05) is 6.92 Å². The van der Waals surface area contributed by atoms with Crippen molar-refractivity contribution < 1.29 is 102 Å². The van der Waals surface area contributed by atoms with E-state index in [4.69, 9.17) is 4.18 Å². The maximum Gasteiger partial charge on any atom is 1.00 e. The summed E-state index contributed by atoms with van der Waals surface area (Å²) in [5, 5.41) is 21.8. The first-order valence-corrected chi connectivity index (χ1v) is 20.6. The van der Waals surface area contributed by atoms with Gasteiger partial charge in [-0.25, -0.2) is 16.8 Å². The number of benzene rings is 5. The van der Waals surface area contributed by atoms with Crippen LogP contribution < -0.4 is 68.3 Å². The van der Waals surface area contributed by atoms with Crippen molar-refractivity contribution in [2.24, 2.45) is 25.6 Å². The molecule has 0 aliphatic carbocycles. The summed E-state index contributed by atoms with van der Waals surface area (Å²) in [5.41, 5.74) is 3.74. The zero-order chi connectivity index (χ0) is 40.6. The smallest absolute Gasteiger partial charge is 0.744 e. The van der Waals surface area contributed by atoms with Gasteiger partial charge >= 0.3 is 69.2 Å². The summed E-state index contributed by atoms with van der Waals surface area (Å²) in [5.74, 6) is -0.534. The molecule has 58 heavy (non-hydrogen) atoms. The molecule has 21 heteroatoms. The maximum atomic E-state index is 13.1. The van der Waals surface area contributed by atoms with E-state index in [-0.39, 0.29) is 86.8 Å². The molecule has 6 rings (SSSR count). The van der Waals surface area contributed by atoms with E-state index in [0.29, 0.717) is 33.7 Å². The van der Waals surface area contributed by atoms with Crippen LogP contribution in [0, 0.1) is 20.8 Å². The topological polar surface area (TPSA) is 240 Å². The first kappa shape index (κ1) is 46.7. The third-order valence-electron chi connectivity index (χ3n) is 8.43. The van der Waals surface area contributed by atoms with Gasteiger partial charge in [0.1, 0.15) is 36.6 Å². The van der Waals surface area contributed by atoms with E-state index in [1.54, 1.807) is 57.2 Å². The van der Waals surface area contributed by atoms with Gasteiger partial charge in [0, 0.05) is 0 Å². The van der Waals surface area contributed by atoms with Crippen molar-refractivity contribution in [1.82, 2.24) is 0 Å². The molecule has 1 heterocycles. The van der Waals surface area contributed by atoms with E-state index in [2.05, 4.69) is 25.6 Å². The number of hydrazone groups is 1. The summed E-state index contributed by atoms with van der Waals surface area (Å²) >= 11 is 0. The minimum atomic E-state index is -5.04. The third kappa shape index (κ3) is 10.8. The molecule has 0 saturated heterocycles. The van der Waals surface area contributed by atoms with Gasteiger partial charge in [0.25, 0.3) is 5.91 Å². The van der Waals surface area contributed by atoms with Crippen molar-refractivity contribution >= 4 is 64.7 Å². The number of carbonyl (C=O) groups is 1. The summed E-state index contributed by atoms with van der Waals surface area (Å²) in [6.07, 6.45) is 0. The number of carbonyl (C=O) groups excluding carboxylic acids is 1. The van der Waals surface area contributed by atoms with Gasteiger partial charge in [-0.1, -0.05) is 23.8 Å². The Kier molecular flexibility index (Phi) is 14.9. The number of rotatable bonds is 11. The minimum Gasteiger partial charge on any atom is -0.744 e. The summed E-state index contributed by atoms with van der Waals surface area (Å²) < 4.78 is 102. The van der Waals surface area contributed by atoms with Crippen LogP contribution in [-0.4, -0.2) is 52.0 Å². The second kappa shape index (κ2) is 18.5. The minimum absolute atomic E-state index is 0. The van der Waals surface area contributed by atoms with Crippen LogP contribution in [-0.2, 0) is 35.1 Å². The Morgan fingerprint density at radius 2 is 1.26 bits per heavy atom. The molecular formula is C37H30N6Na2O10S3. The predicted molar refractivity (Wildman–Crippen MR) is 202 cm³/mol. The third-order valence-corrected chi connectivity index (χ3v) is 11.4. The van der Waals surface area contributed by atoms with Gasteiger partial charge in [0.05, 0.1) is 32.6 Å². The van der Waals surface area contributed by atoms with Crippen LogP contribution in [0.5, 0.6) is 5.75 Å². The van der Waals surface area contributed by atoms with Crippen LogP contribution in [0.1, 0.15) is 23.6 Å². The molecule has 0 N–H and O–H groups in total. The maximum absolute atomic E-state index is 13.1. The van der Waals surface area contributed by atoms with Crippen LogP contribution in [0.4, 0.5) is 22.7 Å². The van der Waals surface area contributed by atoms with Crippen molar-refractivity contribution in [1.29, 1.82) is 0 Å². The summed E-state index contributed by atoms with van der Waals surface area (Å²) in [6.45, 7) is 6.70. The fourth-order valence-corrected chi connectivity index (χ4v) is 7.59. The van der Waals surface area contributed by atoms with Gasteiger partial charge in [0.2, 0.25) is 0 Å². The SMILES string of the molecule is CC1=NN(c2ccc(S(=O)(=O)[O-])cc2)C(=O)C1N=Nc1ccc(-c2cc(C)c(N=Nc3ccc(OS(=O)(=O)c4ccc(C)cc4)cc3)c(S(=O)(=O)[O-])c2)cc1C.[Na+].[Na+]. The van der Waals surface area contributed by atoms with Crippen molar-refractivity contribution in [2.75, 3.05) is 5.01 Å². The molecule has 5 aromatic rings. The van der Waals surface area contributed by atoms with Crippen LogP contribution in [0.25, 0.3) is 11.1 Å². The van der Waals surface area contributed by atoms with E-state index in [1.165, 1.54) is 54.6 Å². The van der Waals surface area contributed by atoms with Crippen molar-refractivity contribution in [3.63, 3.8) is 0 Å². The van der Waals surface area contributed by atoms with E-state index in [9.17, 15) is 39.2 Å². The fraction of sp³-hybridized carbons (Fsp3) is 0.135. The van der Waals surface area contributed by atoms with Gasteiger partial charge in [-0.2, -0.15) is 33.9 Å². The Morgan fingerprint density at radius 3 is 1.84 bits per heavy atom. The molecular weight excluding hydrogens is 831 g/mol. The molecule has 0 bridgehead atoms. The molecule has 16 nitrogen and oxygen atoms in total. The predicted octanol–water partition coefficient (Wildman–Crippen LogP) is 1.15. The van der Waals surface area contributed by atoms with Gasteiger partial charge in [-0.15, -0.1) is 5.11 Å². The average Bonchev–Trinajstić information content (AvgIpc) is 3.42. The van der Waals surface area contributed by atoms with Gasteiger partial charge in [-0.05, 0) is 135 Å². The van der Waals surface area contributed by atoms with Gasteiger partial charge < -0.3 is 13.3 Å². The zero-order valence-electron chi connectivity index (χ0n) is 31.9. The number of aryl methyl sites for hydroxylation is 3. The second-order valence-electron chi connectivity index (χ2n) is 12.6. The Morgan fingerprint density at radius 1 is 0.655 bits per heavy atom. The Bertz CT molecular complexity index is 2800. The zero-order valence-corrected chi connectivity index (χ0v) is 38.3. The fourth-order valence-electron chi connectivity index (χ4n) is 5.48. The summed E-state index contributed by atoms with van der Waals surface area (Å²) in [6, 6.07) is 23.1. The molecule has 288 valence electrons. The van der Waals surface area contributed by atoms with Crippen LogP contribution in [0.2, 0.25) is 0 Å². The van der Waals surface area contributed by atoms with Crippen molar-refractivity contribution in [2.45, 2.75) is 48.4 Å². The van der Waals surface area contributed by atoms with Gasteiger partial charge in [0.15, 0.2) is 6.04 Å². The molecule has 0 saturated carbocycles. The van der Waals surface area contributed by atoms with E-state index >= 15 is 0 Å². The molecule has 1 atom stereocenters. The van der Waals surface area contributed by atoms with E-state index < -0.39 is 52.1 Å². The van der Waals surface area contributed by atoms with Crippen molar-refractivity contribution in [3.05, 3.63) is 120 Å². The second-order valence-corrected chi connectivity index (χ2v) is 16.9. The summed E-state index contributed by atoms with van der Waals surface area (Å²) in [7, 11) is -13.8. The Labute approximate surface area is 379 Å². The Hall–Kier alpha value is -3.99. The number of amides is 1. The van der Waals surface area contributed by atoms with Crippen LogP contribution >= 0.6 is 0 Å². The van der Waals surface area contributed by atoms with Crippen LogP contribution in [0.15, 0.2) is 143 Å². The molecule has 1 unspecified atom stereocenters. The molecule has 1 aliphatic rings. The molecule has 1 amide bonds. The van der Waals surface area contributed by atoms with Crippen molar-refractivity contribution in [3.8, 4) is 16.9 Å². The number of azo groups is 2. The molecule has 1 aliphatic heterocycles. The first-order chi connectivity index (χ1) is 26.3. The first-order valence-electron chi connectivity index (χ1n) is 16.4. The quantitative estimate of drug-likeness (QED) is 0.0795. The van der Waals surface area contributed by atoms with E-state index in [0.717, 1.165) is 22.7 Å².